The van der Waals surface area contributed by atoms with Gasteiger partial charge in [0.05, 0.1) is 27.6 Å². The van der Waals surface area contributed by atoms with Crippen LogP contribution in [0.4, 0.5) is 5.82 Å². The van der Waals surface area contributed by atoms with E-state index in [9.17, 15) is 14.7 Å². The summed E-state index contributed by atoms with van der Waals surface area (Å²) in [6.45, 7) is 0.910. The molecular weight excluding hydrogens is 452 g/mol. The largest absolute Gasteiger partial charge is 0.456 e. The standard InChI is InChI=1S/C25H22N4O4S/c30-17-9-12-29(15-17)25(32)21-14-19-24(34-21)20(8-11-26-19)33-18-6-4-16(5-7-18)13-23(31)28-22-3-1-2-10-27-22/h1-8,10-11,14,17,30H,9,12-13,15H2,(H,27,28,31). The first-order valence-electron chi connectivity index (χ1n) is 10.9. The Labute approximate surface area is 199 Å². The molecule has 9 heteroatoms. The zero-order valence-electron chi connectivity index (χ0n) is 18.2. The molecule has 8 nitrogen and oxygen atoms in total. The summed E-state index contributed by atoms with van der Waals surface area (Å²) >= 11 is 1.33. The molecule has 0 saturated carbocycles. The number of fused-ring (bicyclic) bond motifs is 1. The number of amides is 2. The number of carbonyl (C=O) groups is 2. The smallest absolute Gasteiger partial charge is 0.264 e. The molecule has 172 valence electrons. The summed E-state index contributed by atoms with van der Waals surface area (Å²) in [4.78, 5) is 35.7. The zero-order valence-corrected chi connectivity index (χ0v) is 19.0. The summed E-state index contributed by atoms with van der Waals surface area (Å²) in [6, 6.07) is 16.2. The number of likely N-dealkylation sites (tertiary alicyclic amines) is 1. The van der Waals surface area contributed by atoms with Crippen molar-refractivity contribution in [1.82, 2.24) is 14.9 Å². The van der Waals surface area contributed by atoms with Gasteiger partial charge >= 0.3 is 0 Å². The molecule has 5 rings (SSSR count). The molecule has 0 aliphatic carbocycles. The van der Waals surface area contributed by atoms with Gasteiger partial charge in [0.25, 0.3) is 5.91 Å². The second kappa shape index (κ2) is 9.58. The van der Waals surface area contributed by atoms with Crippen molar-refractivity contribution in [3.05, 3.63) is 77.4 Å². The van der Waals surface area contributed by atoms with Gasteiger partial charge in [-0.2, -0.15) is 0 Å². The summed E-state index contributed by atoms with van der Waals surface area (Å²) in [5.41, 5.74) is 1.53. The fraction of sp³-hybridized carbons (Fsp3) is 0.200. The number of β-amino-alcohol motifs (C(OH)–C–C–N with tert-alkyl or cyclic N) is 1. The van der Waals surface area contributed by atoms with Gasteiger partial charge in [-0.1, -0.05) is 18.2 Å². The Bertz CT molecular complexity index is 1320. The number of benzene rings is 1. The number of aromatic nitrogens is 2. The number of thiophene rings is 1. The van der Waals surface area contributed by atoms with Gasteiger partial charge in [-0.25, -0.2) is 4.98 Å². The van der Waals surface area contributed by atoms with Crippen LogP contribution in [0.2, 0.25) is 0 Å². The molecule has 1 aromatic carbocycles. The summed E-state index contributed by atoms with van der Waals surface area (Å²) in [5, 5.41) is 12.5. The third-order valence-corrected chi connectivity index (χ3v) is 6.61. The van der Waals surface area contributed by atoms with E-state index in [2.05, 4.69) is 15.3 Å². The molecule has 0 spiro atoms. The van der Waals surface area contributed by atoms with Crippen LogP contribution in [0.15, 0.2) is 67.0 Å². The van der Waals surface area contributed by atoms with E-state index in [4.69, 9.17) is 4.74 Å². The summed E-state index contributed by atoms with van der Waals surface area (Å²) in [7, 11) is 0. The molecule has 34 heavy (non-hydrogen) atoms. The molecule has 1 atom stereocenters. The molecule has 2 amide bonds. The zero-order chi connectivity index (χ0) is 23.5. The minimum atomic E-state index is -0.459. The van der Waals surface area contributed by atoms with Gasteiger partial charge in [0.2, 0.25) is 5.91 Å². The van der Waals surface area contributed by atoms with E-state index < -0.39 is 6.10 Å². The van der Waals surface area contributed by atoms with Crippen LogP contribution in [0.3, 0.4) is 0 Å². The van der Waals surface area contributed by atoms with Crippen molar-refractivity contribution < 1.29 is 19.4 Å². The Morgan fingerprint density at radius 2 is 1.97 bits per heavy atom. The predicted molar refractivity (Wildman–Crippen MR) is 129 cm³/mol. The minimum absolute atomic E-state index is 0.0983. The van der Waals surface area contributed by atoms with Crippen molar-refractivity contribution in [2.24, 2.45) is 0 Å². The lowest BCUT2D eigenvalue weighted by Gasteiger charge is -2.13. The molecule has 0 radical (unpaired) electrons. The predicted octanol–water partition coefficient (Wildman–Crippen LogP) is 3.87. The number of anilines is 1. The maximum atomic E-state index is 12.8. The number of hydrogen-bond acceptors (Lipinski definition) is 7. The van der Waals surface area contributed by atoms with Gasteiger partial charge in [0, 0.05) is 31.5 Å². The lowest BCUT2D eigenvalue weighted by molar-refractivity contribution is -0.115. The molecule has 1 fully saturated rings. The number of pyridine rings is 2. The second-order valence-corrected chi connectivity index (χ2v) is 9.07. The van der Waals surface area contributed by atoms with Crippen molar-refractivity contribution in [1.29, 1.82) is 0 Å². The van der Waals surface area contributed by atoms with Crippen molar-refractivity contribution in [3.8, 4) is 11.5 Å². The van der Waals surface area contributed by atoms with Crippen molar-refractivity contribution in [2.45, 2.75) is 18.9 Å². The van der Waals surface area contributed by atoms with E-state index in [1.54, 1.807) is 53.7 Å². The monoisotopic (exact) mass is 474 g/mol. The molecule has 4 heterocycles. The molecular formula is C25H22N4O4S. The molecule has 1 aliphatic heterocycles. The van der Waals surface area contributed by atoms with E-state index >= 15 is 0 Å². The van der Waals surface area contributed by atoms with Gasteiger partial charge in [0.15, 0.2) is 0 Å². The van der Waals surface area contributed by atoms with E-state index in [1.165, 1.54) is 11.3 Å². The number of rotatable bonds is 6. The van der Waals surface area contributed by atoms with Crippen LogP contribution in [-0.4, -0.2) is 51.0 Å². The van der Waals surface area contributed by atoms with E-state index in [0.29, 0.717) is 47.2 Å². The van der Waals surface area contributed by atoms with E-state index in [-0.39, 0.29) is 18.2 Å². The van der Waals surface area contributed by atoms with Crippen LogP contribution >= 0.6 is 11.3 Å². The molecule has 3 aromatic heterocycles. The minimum Gasteiger partial charge on any atom is -0.456 e. The first-order valence-corrected chi connectivity index (χ1v) is 11.7. The molecule has 1 saturated heterocycles. The van der Waals surface area contributed by atoms with Crippen molar-refractivity contribution >= 4 is 39.2 Å². The highest BCUT2D eigenvalue weighted by molar-refractivity contribution is 7.21. The van der Waals surface area contributed by atoms with Crippen LogP contribution in [0.5, 0.6) is 11.5 Å². The molecule has 4 aromatic rings. The van der Waals surface area contributed by atoms with Crippen LogP contribution in [0, 0.1) is 0 Å². The van der Waals surface area contributed by atoms with Crippen LogP contribution in [-0.2, 0) is 11.2 Å². The Morgan fingerprint density at radius 3 is 2.71 bits per heavy atom. The number of hydrogen-bond donors (Lipinski definition) is 2. The fourth-order valence-corrected chi connectivity index (χ4v) is 4.83. The van der Waals surface area contributed by atoms with Crippen molar-refractivity contribution in [3.63, 3.8) is 0 Å². The van der Waals surface area contributed by atoms with Crippen LogP contribution < -0.4 is 10.1 Å². The SMILES string of the molecule is O=C(Cc1ccc(Oc2ccnc3cc(C(=O)N4CCC(O)C4)sc23)cc1)Nc1ccccn1. The van der Waals surface area contributed by atoms with Gasteiger partial charge in [-0.3, -0.25) is 14.6 Å². The van der Waals surface area contributed by atoms with Crippen LogP contribution in [0.1, 0.15) is 21.7 Å². The molecule has 0 bridgehead atoms. The third-order valence-electron chi connectivity index (χ3n) is 5.49. The fourth-order valence-electron chi connectivity index (χ4n) is 3.79. The lowest BCUT2D eigenvalue weighted by Crippen LogP contribution is -2.28. The molecule has 1 aliphatic rings. The summed E-state index contributed by atoms with van der Waals surface area (Å²) in [5.74, 6) is 1.49. The number of nitrogens with zero attached hydrogens (tertiary/aromatic N) is 3. The van der Waals surface area contributed by atoms with E-state index in [0.717, 1.165) is 10.3 Å². The normalized spacial score (nSPS) is 15.4. The highest BCUT2D eigenvalue weighted by atomic mass is 32.1. The maximum Gasteiger partial charge on any atom is 0.264 e. The summed E-state index contributed by atoms with van der Waals surface area (Å²) in [6.07, 6.45) is 3.64. The average Bonchev–Trinajstić information content (AvgIpc) is 3.47. The summed E-state index contributed by atoms with van der Waals surface area (Å²) < 4.78 is 6.86. The highest BCUT2D eigenvalue weighted by Crippen LogP contribution is 2.35. The van der Waals surface area contributed by atoms with Gasteiger partial charge < -0.3 is 20.1 Å². The molecule has 1 unspecified atom stereocenters. The lowest BCUT2D eigenvalue weighted by atomic mass is 10.1. The Morgan fingerprint density at radius 1 is 1.12 bits per heavy atom. The van der Waals surface area contributed by atoms with Gasteiger partial charge in [-0.05, 0) is 42.3 Å². The Hall–Kier alpha value is -3.82. The van der Waals surface area contributed by atoms with Gasteiger partial charge in [-0.15, -0.1) is 11.3 Å². The number of aliphatic hydroxyl groups is 1. The quantitative estimate of drug-likeness (QED) is 0.440. The molecule has 2 N–H and O–H groups in total. The highest BCUT2D eigenvalue weighted by Gasteiger charge is 2.27. The number of aliphatic hydroxyl groups excluding tert-OH is 1. The van der Waals surface area contributed by atoms with Crippen LogP contribution in [0.25, 0.3) is 10.2 Å². The first kappa shape index (κ1) is 22.0. The first-order chi connectivity index (χ1) is 16.5. The Balaban J connectivity index is 1.27. The number of carbonyl (C=O) groups excluding carboxylic acids is 2. The van der Waals surface area contributed by atoms with Crippen molar-refractivity contribution in [2.75, 3.05) is 18.4 Å². The number of ether oxygens (including phenoxy) is 1. The number of nitrogens with one attached hydrogen (secondary N) is 1. The van der Waals surface area contributed by atoms with E-state index in [1.807, 2.05) is 18.2 Å². The second-order valence-electron chi connectivity index (χ2n) is 8.01. The maximum absolute atomic E-state index is 12.8. The topological polar surface area (TPSA) is 105 Å². The Kier molecular flexibility index (Phi) is 6.20. The third kappa shape index (κ3) is 4.90. The average molecular weight is 475 g/mol. The van der Waals surface area contributed by atoms with Gasteiger partial charge in [0.1, 0.15) is 17.3 Å².